The first-order chi connectivity index (χ1) is 15.1. The highest BCUT2D eigenvalue weighted by Crippen LogP contribution is 2.34. The van der Waals surface area contributed by atoms with Gasteiger partial charge in [0.2, 0.25) is 12.7 Å². The van der Waals surface area contributed by atoms with Gasteiger partial charge >= 0.3 is 0 Å². The van der Waals surface area contributed by atoms with Crippen LogP contribution in [0.5, 0.6) is 17.2 Å². The number of rotatable bonds is 4. The predicted molar refractivity (Wildman–Crippen MR) is 113 cm³/mol. The standard InChI is InChI=1S/C23H25N3O5/c1-16-2-4-19-18(10-16)26(23(28)14-29-19)13-22(27)25-8-6-24(7-9-25)12-17-3-5-20-21(11-17)31-15-30-20/h2-5,10-11H,6-9,12-15H2,1H3. The molecule has 162 valence electrons. The van der Waals surface area contributed by atoms with E-state index in [1.54, 1.807) is 4.90 Å². The van der Waals surface area contributed by atoms with Crippen LogP contribution >= 0.6 is 0 Å². The molecule has 0 radical (unpaired) electrons. The minimum absolute atomic E-state index is 0.0351. The number of nitrogens with zero attached hydrogens (tertiary/aromatic N) is 3. The van der Waals surface area contributed by atoms with Crippen LogP contribution in [-0.4, -0.2) is 67.7 Å². The maximum Gasteiger partial charge on any atom is 0.265 e. The number of aryl methyl sites for hydroxylation is 1. The molecule has 0 aliphatic carbocycles. The van der Waals surface area contributed by atoms with Crippen LogP contribution in [0.15, 0.2) is 36.4 Å². The van der Waals surface area contributed by atoms with Gasteiger partial charge in [-0.05, 0) is 42.3 Å². The average molecular weight is 423 g/mol. The van der Waals surface area contributed by atoms with E-state index in [2.05, 4.69) is 11.0 Å². The van der Waals surface area contributed by atoms with Gasteiger partial charge in [-0.15, -0.1) is 0 Å². The van der Waals surface area contributed by atoms with Crippen LogP contribution in [0.3, 0.4) is 0 Å². The van der Waals surface area contributed by atoms with Crippen LogP contribution in [0.1, 0.15) is 11.1 Å². The molecule has 3 aliphatic heterocycles. The van der Waals surface area contributed by atoms with E-state index >= 15 is 0 Å². The number of anilines is 1. The number of hydrogen-bond acceptors (Lipinski definition) is 6. The maximum absolute atomic E-state index is 12.9. The molecule has 3 heterocycles. The molecule has 0 atom stereocenters. The molecule has 0 unspecified atom stereocenters. The molecular weight excluding hydrogens is 398 g/mol. The monoisotopic (exact) mass is 423 g/mol. The van der Waals surface area contributed by atoms with E-state index in [1.807, 2.05) is 42.2 Å². The second-order valence-corrected chi connectivity index (χ2v) is 8.08. The maximum atomic E-state index is 12.9. The van der Waals surface area contributed by atoms with E-state index in [9.17, 15) is 9.59 Å². The summed E-state index contributed by atoms with van der Waals surface area (Å²) in [5, 5.41) is 0. The molecule has 1 saturated heterocycles. The van der Waals surface area contributed by atoms with Crippen molar-refractivity contribution in [3.63, 3.8) is 0 Å². The van der Waals surface area contributed by atoms with Crippen LogP contribution in [0.25, 0.3) is 0 Å². The first kappa shape index (κ1) is 19.7. The molecule has 5 rings (SSSR count). The van der Waals surface area contributed by atoms with E-state index in [-0.39, 0.29) is 31.8 Å². The van der Waals surface area contributed by atoms with Gasteiger partial charge in [-0.2, -0.15) is 0 Å². The zero-order valence-corrected chi connectivity index (χ0v) is 17.5. The smallest absolute Gasteiger partial charge is 0.265 e. The summed E-state index contributed by atoms with van der Waals surface area (Å²) in [6, 6.07) is 11.7. The predicted octanol–water partition coefficient (Wildman–Crippen LogP) is 1.79. The van der Waals surface area contributed by atoms with Crippen molar-refractivity contribution in [2.45, 2.75) is 13.5 Å². The first-order valence-electron chi connectivity index (χ1n) is 10.5. The van der Waals surface area contributed by atoms with Crippen molar-refractivity contribution in [3.05, 3.63) is 47.5 Å². The lowest BCUT2D eigenvalue weighted by atomic mass is 10.1. The van der Waals surface area contributed by atoms with Gasteiger partial charge in [0.25, 0.3) is 5.91 Å². The lowest BCUT2D eigenvalue weighted by molar-refractivity contribution is -0.133. The summed E-state index contributed by atoms with van der Waals surface area (Å²) in [4.78, 5) is 31.1. The number of ether oxygens (including phenoxy) is 3. The molecule has 2 aromatic rings. The van der Waals surface area contributed by atoms with E-state index in [0.29, 0.717) is 24.5 Å². The van der Waals surface area contributed by atoms with Gasteiger partial charge < -0.3 is 19.1 Å². The third-order valence-corrected chi connectivity index (χ3v) is 5.92. The number of carbonyl (C=O) groups is 2. The molecule has 3 aliphatic rings. The molecule has 0 spiro atoms. The fourth-order valence-corrected chi connectivity index (χ4v) is 4.17. The van der Waals surface area contributed by atoms with Gasteiger partial charge in [0.1, 0.15) is 12.3 Å². The Morgan fingerprint density at radius 2 is 1.71 bits per heavy atom. The van der Waals surface area contributed by atoms with Crippen LogP contribution in [0.4, 0.5) is 5.69 Å². The quantitative estimate of drug-likeness (QED) is 0.747. The van der Waals surface area contributed by atoms with Gasteiger partial charge in [-0.3, -0.25) is 19.4 Å². The van der Waals surface area contributed by atoms with Gasteiger partial charge in [0, 0.05) is 32.7 Å². The Morgan fingerprint density at radius 3 is 2.55 bits per heavy atom. The Labute approximate surface area is 180 Å². The van der Waals surface area contributed by atoms with Crippen molar-refractivity contribution < 1.29 is 23.8 Å². The Kier molecular flexibility index (Phi) is 5.15. The van der Waals surface area contributed by atoms with E-state index in [0.717, 1.165) is 42.3 Å². The van der Waals surface area contributed by atoms with E-state index in [1.165, 1.54) is 0 Å². The minimum Gasteiger partial charge on any atom is -0.482 e. The van der Waals surface area contributed by atoms with E-state index in [4.69, 9.17) is 14.2 Å². The van der Waals surface area contributed by atoms with Gasteiger partial charge in [-0.25, -0.2) is 0 Å². The summed E-state index contributed by atoms with van der Waals surface area (Å²) in [5.74, 6) is 2.00. The minimum atomic E-state index is -0.187. The summed E-state index contributed by atoms with van der Waals surface area (Å²) < 4.78 is 16.3. The number of hydrogen-bond donors (Lipinski definition) is 0. The van der Waals surface area contributed by atoms with Crippen LogP contribution < -0.4 is 19.1 Å². The molecule has 0 bridgehead atoms. The summed E-state index contributed by atoms with van der Waals surface area (Å²) >= 11 is 0. The third-order valence-electron chi connectivity index (χ3n) is 5.92. The highest BCUT2D eigenvalue weighted by atomic mass is 16.7. The molecule has 2 aromatic carbocycles. The van der Waals surface area contributed by atoms with Crippen LogP contribution in [0.2, 0.25) is 0 Å². The van der Waals surface area contributed by atoms with Crippen molar-refractivity contribution in [1.29, 1.82) is 0 Å². The second-order valence-electron chi connectivity index (χ2n) is 8.08. The Hall–Kier alpha value is -3.26. The number of carbonyl (C=O) groups excluding carboxylic acids is 2. The van der Waals surface area contributed by atoms with Gasteiger partial charge in [-0.1, -0.05) is 12.1 Å². The molecule has 8 heteroatoms. The Morgan fingerprint density at radius 1 is 0.935 bits per heavy atom. The van der Waals surface area contributed by atoms with Crippen molar-refractivity contribution in [2.75, 3.05) is 51.0 Å². The van der Waals surface area contributed by atoms with Crippen molar-refractivity contribution >= 4 is 17.5 Å². The molecule has 1 fully saturated rings. The largest absolute Gasteiger partial charge is 0.482 e. The van der Waals surface area contributed by atoms with Crippen molar-refractivity contribution in [1.82, 2.24) is 9.80 Å². The summed E-state index contributed by atoms with van der Waals surface area (Å²) in [7, 11) is 0. The number of fused-ring (bicyclic) bond motifs is 2. The molecular formula is C23H25N3O5. The Bertz CT molecular complexity index is 1020. The summed E-state index contributed by atoms with van der Waals surface area (Å²) in [6.07, 6.45) is 0. The van der Waals surface area contributed by atoms with Crippen molar-refractivity contribution in [3.8, 4) is 17.2 Å². The third kappa shape index (κ3) is 4.03. The number of piperazine rings is 1. The average Bonchev–Trinajstić information content (AvgIpc) is 3.24. The zero-order valence-electron chi connectivity index (χ0n) is 17.5. The van der Waals surface area contributed by atoms with Crippen LogP contribution in [-0.2, 0) is 16.1 Å². The first-order valence-corrected chi connectivity index (χ1v) is 10.5. The summed E-state index contributed by atoms with van der Waals surface area (Å²) in [5.41, 5.74) is 2.85. The molecule has 0 saturated carbocycles. The van der Waals surface area contributed by atoms with Gasteiger partial charge in [0.15, 0.2) is 18.1 Å². The zero-order chi connectivity index (χ0) is 21.4. The van der Waals surface area contributed by atoms with E-state index < -0.39 is 0 Å². The number of amides is 2. The molecule has 31 heavy (non-hydrogen) atoms. The highest BCUT2D eigenvalue weighted by molar-refractivity contribution is 6.02. The SMILES string of the molecule is Cc1ccc2c(c1)N(CC(=O)N1CCN(Cc3ccc4c(c3)OCO4)CC1)C(=O)CO2. The molecule has 0 aromatic heterocycles. The highest BCUT2D eigenvalue weighted by Gasteiger charge is 2.30. The molecule has 0 N–H and O–H groups in total. The fraction of sp³-hybridized carbons (Fsp3) is 0.391. The Balaban J connectivity index is 1.18. The second kappa shape index (κ2) is 8.11. The summed E-state index contributed by atoms with van der Waals surface area (Å²) in [6.45, 7) is 5.89. The molecule has 2 amide bonds. The number of benzene rings is 2. The molecule has 8 nitrogen and oxygen atoms in total. The lowest BCUT2D eigenvalue weighted by Crippen LogP contribution is -2.52. The van der Waals surface area contributed by atoms with Crippen molar-refractivity contribution in [2.24, 2.45) is 0 Å². The fourth-order valence-electron chi connectivity index (χ4n) is 4.17. The lowest BCUT2D eigenvalue weighted by Gasteiger charge is -2.36. The topological polar surface area (TPSA) is 71.6 Å². The van der Waals surface area contributed by atoms with Crippen LogP contribution in [0, 0.1) is 6.92 Å². The normalized spacial score (nSPS) is 18.0. The van der Waals surface area contributed by atoms with Gasteiger partial charge in [0.05, 0.1) is 5.69 Å².